The Kier molecular flexibility index (Phi) is 4.96. The molecule has 1 aromatic heterocycles. The summed E-state index contributed by atoms with van der Waals surface area (Å²) < 4.78 is 2.26. The van der Waals surface area contributed by atoms with Crippen LogP contribution in [0, 0.1) is 0 Å². The number of fused-ring (bicyclic) bond motifs is 3. The van der Waals surface area contributed by atoms with Gasteiger partial charge < -0.3 is 20.3 Å². The smallest absolute Gasteiger partial charge is 0.187 e. The molecule has 0 saturated heterocycles. The summed E-state index contributed by atoms with van der Waals surface area (Å²) in [5.41, 5.74) is 6.02. The fourth-order valence-corrected chi connectivity index (χ4v) is 4.67. The molecule has 3 aromatic carbocycles. The van der Waals surface area contributed by atoms with E-state index in [4.69, 9.17) is 0 Å². The number of nitrogens with zero attached hydrogens (tertiary/aromatic N) is 1. The highest BCUT2D eigenvalue weighted by Crippen LogP contribution is 2.36. The van der Waals surface area contributed by atoms with Crippen LogP contribution in [0.4, 0.5) is 5.69 Å². The van der Waals surface area contributed by atoms with E-state index in [1.54, 1.807) is 12.1 Å². The zero-order valence-corrected chi connectivity index (χ0v) is 17.4. The number of benzene rings is 3. The monoisotopic (exact) mass is 411 g/mol. The van der Waals surface area contributed by atoms with Crippen LogP contribution in [-0.2, 0) is 13.0 Å². The Labute approximate surface area is 181 Å². The third kappa shape index (κ3) is 3.37. The van der Waals surface area contributed by atoms with Crippen LogP contribution >= 0.6 is 0 Å². The maximum Gasteiger partial charge on any atom is 0.187 e. The summed E-state index contributed by atoms with van der Waals surface area (Å²) in [5.74, 6) is 0.321. The van der Waals surface area contributed by atoms with Crippen molar-refractivity contribution in [2.24, 2.45) is 0 Å². The minimum atomic E-state index is -0.414. The molecule has 0 radical (unpaired) electrons. The second-order valence-corrected chi connectivity index (χ2v) is 7.93. The van der Waals surface area contributed by atoms with Crippen LogP contribution in [0.1, 0.15) is 33.2 Å². The molecule has 1 atom stereocenters. The fraction of sp³-hybridized carbons (Fsp3) is 0.192. The number of hydrogen-bond donors (Lipinski definition) is 3. The molecule has 31 heavy (non-hydrogen) atoms. The molecule has 1 aliphatic rings. The first-order valence-corrected chi connectivity index (χ1v) is 10.6. The molecule has 0 aliphatic carbocycles. The van der Waals surface area contributed by atoms with Gasteiger partial charge in [-0.3, -0.25) is 4.79 Å². The predicted molar refractivity (Wildman–Crippen MR) is 124 cm³/mol. The quantitative estimate of drug-likeness (QED) is 0.423. The molecule has 1 unspecified atom stereocenters. The lowest BCUT2D eigenvalue weighted by atomic mass is 9.92. The average molecular weight is 412 g/mol. The molecule has 5 heteroatoms. The van der Waals surface area contributed by atoms with Crippen LogP contribution in [0.15, 0.2) is 72.8 Å². The number of aromatic hydroxyl groups is 1. The zero-order valence-electron chi connectivity index (χ0n) is 17.4. The number of nitrogens with one attached hydrogen (secondary N) is 2. The van der Waals surface area contributed by atoms with Crippen molar-refractivity contribution in [3.8, 4) is 5.75 Å². The Morgan fingerprint density at radius 2 is 1.81 bits per heavy atom. The van der Waals surface area contributed by atoms with Gasteiger partial charge in [0.2, 0.25) is 0 Å². The van der Waals surface area contributed by atoms with E-state index in [1.807, 2.05) is 49.5 Å². The summed E-state index contributed by atoms with van der Waals surface area (Å²) >= 11 is 0. The van der Waals surface area contributed by atoms with Gasteiger partial charge in [-0.2, -0.15) is 0 Å². The summed E-state index contributed by atoms with van der Waals surface area (Å²) in [7, 11) is 1.84. The van der Waals surface area contributed by atoms with E-state index < -0.39 is 6.04 Å². The molecule has 3 N–H and O–H groups in total. The third-order valence-electron chi connectivity index (χ3n) is 6.12. The van der Waals surface area contributed by atoms with Crippen molar-refractivity contribution in [2.75, 3.05) is 18.9 Å². The van der Waals surface area contributed by atoms with E-state index >= 15 is 0 Å². The Balaban J connectivity index is 1.66. The van der Waals surface area contributed by atoms with Gasteiger partial charge in [-0.1, -0.05) is 42.5 Å². The molecule has 1 aliphatic heterocycles. The fourth-order valence-electron chi connectivity index (χ4n) is 4.67. The molecule has 0 bridgehead atoms. The van der Waals surface area contributed by atoms with E-state index in [0.717, 1.165) is 35.4 Å². The first-order chi connectivity index (χ1) is 15.2. The zero-order chi connectivity index (χ0) is 21.4. The average Bonchev–Trinajstić information content (AvgIpc) is 3.14. The number of phenols is 1. The largest absolute Gasteiger partial charge is 0.508 e. The molecule has 0 amide bonds. The second-order valence-electron chi connectivity index (χ2n) is 7.93. The minimum absolute atomic E-state index is 0.0701. The van der Waals surface area contributed by atoms with Gasteiger partial charge in [0.1, 0.15) is 11.8 Å². The highest BCUT2D eigenvalue weighted by atomic mass is 16.3. The van der Waals surface area contributed by atoms with E-state index in [1.165, 1.54) is 10.9 Å². The van der Waals surface area contributed by atoms with Gasteiger partial charge in [0.15, 0.2) is 5.78 Å². The van der Waals surface area contributed by atoms with Crippen LogP contribution in [0.2, 0.25) is 0 Å². The Morgan fingerprint density at radius 3 is 2.61 bits per heavy atom. The van der Waals surface area contributed by atoms with Gasteiger partial charge in [0.05, 0.1) is 0 Å². The molecule has 156 valence electrons. The molecule has 2 heterocycles. The number of Topliss-reactive ketones (excluding diaryl/α,β-unsaturated/α-hetero) is 1. The van der Waals surface area contributed by atoms with Crippen molar-refractivity contribution >= 4 is 22.4 Å². The van der Waals surface area contributed by atoms with Crippen LogP contribution in [0.5, 0.6) is 5.75 Å². The summed E-state index contributed by atoms with van der Waals surface area (Å²) in [6.45, 7) is 1.40. The van der Waals surface area contributed by atoms with Gasteiger partial charge in [-0.15, -0.1) is 0 Å². The molecule has 4 aromatic rings. The number of ketones is 1. The number of phenolic OH excluding ortho intramolecular Hbond substituents is 1. The molecule has 0 saturated carbocycles. The highest BCUT2D eigenvalue weighted by molar-refractivity contribution is 6.06. The predicted octanol–water partition coefficient (Wildman–Crippen LogP) is 4.51. The number of aromatic nitrogens is 1. The number of hydrogen-bond acceptors (Lipinski definition) is 4. The Morgan fingerprint density at radius 1 is 1.06 bits per heavy atom. The molecule has 0 fully saturated rings. The van der Waals surface area contributed by atoms with Crippen molar-refractivity contribution < 1.29 is 9.90 Å². The van der Waals surface area contributed by atoms with E-state index in [-0.39, 0.29) is 11.5 Å². The maximum absolute atomic E-state index is 13.7. The second kappa shape index (κ2) is 7.93. The van der Waals surface area contributed by atoms with E-state index in [9.17, 15) is 9.90 Å². The standard InChI is InChI=1S/C26H25N3O2/c1-27-22-8-4-2-7-21(22)26(31)24-25-20(14-15-28-24)19-6-3-5-9-23(19)29(25)16-17-10-12-18(30)13-11-17/h2-13,24,27-28,30H,14-16H2,1H3. The lowest BCUT2D eigenvalue weighted by Crippen LogP contribution is -2.36. The van der Waals surface area contributed by atoms with E-state index in [2.05, 4.69) is 33.4 Å². The number of carbonyl (C=O) groups excluding carboxylic acids is 1. The molecule has 5 nitrogen and oxygen atoms in total. The number of rotatable bonds is 5. The lowest BCUT2D eigenvalue weighted by Gasteiger charge is -2.27. The number of carbonyl (C=O) groups is 1. The molecule has 0 spiro atoms. The van der Waals surface area contributed by atoms with Gasteiger partial charge in [-0.25, -0.2) is 0 Å². The summed E-state index contributed by atoms with van der Waals surface area (Å²) in [5, 5.41) is 17.5. The SMILES string of the molecule is CNc1ccccc1C(=O)C1NCCc2c1n(Cc1ccc(O)cc1)c1ccccc21. The van der Waals surface area contributed by atoms with Gasteiger partial charge in [0.25, 0.3) is 0 Å². The van der Waals surface area contributed by atoms with E-state index in [0.29, 0.717) is 12.1 Å². The van der Waals surface area contributed by atoms with Crippen molar-refractivity contribution in [1.82, 2.24) is 9.88 Å². The summed E-state index contributed by atoms with van der Waals surface area (Å²) in [6, 6.07) is 22.9. The maximum atomic E-state index is 13.7. The van der Waals surface area contributed by atoms with Crippen LogP contribution in [-0.4, -0.2) is 29.0 Å². The Bertz CT molecular complexity index is 1260. The molecule has 5 rings (SSSR count). The highest BCUT2D eigenvalue weighted by Gasteiger charge is 2.33. The first kappa shape index (κ1) is 19.4. The van der Waals surface area contributed by atoms with Crippen molar-refractivity contribution in [3.05, 3.63) is 95.2 Å². The minimum Gasteiger partial charge on any atom is -0.508 e. The van der Waals surface area contributed by atoms with Crippen molar-refractivity contribution in [2.45, 2.75) is 19.0 Å². The Hall–Kier alpha value is -3.57. The topological polar surface area (TPSA) is 66.3 Å². The van der Waals surface area contributed by atoms with Crippen LogP contribution in [0.3, 0.4) is 0 Å². The summed E-state index contributed by atoms with van der Waals surface area (Å²) in [4.78, 5) is 13.7. The normalized spacial score (nSPS) is 15.6. The van der Waals surface area contributed by atoms with Crippen LogP contribution in [0.25, 0.3) is 10.9 Å². The first-order valence-electron chi connectivity index (χ1n) is 10.6. The number of para-hydroxylation sites is 2. The molecular weight excluding hydrogens is 386 g/mol. The van der Waals surface area contributed by atoms with Gasteiger partial charge >= 0.3 is 0 Å². The van der Waals surface area contributed by atoms with Gasteiger partial charge in [0, 0.05) is 48.0 Å². The summed E-state index contributed by atoms with van der Waals surface area (Å²) in [6.07, 6.45) is 0.885. The third-order valence-corrected chi connectivity index (χ3v) is 6.12. The van der Waals surface area contributed by atoms with Gasteiger partial charge in [-0.05, 0) is 47.9 Å². The van der Waals surface area contributed by atoms with Crippen LogP contribution < -0.4 is 10.6 Å². The van der Waals surface area contributed by atoms with Crippen molar-refractivity contribution in [3.63, 3.8) is 0 Å². The van der Waals surface area contributed by atoms with Crippen molar-refractivity contribution in [1.29, 1.82) is 0 Å². The number of anilines is 1. The molecular formula is C26H25N3O2. The lowest BCUT2D eigenvalue weighted by molar-refractivity contribution is 0.0936.